The molecule has 0 unspecified atom stereocenters. The average molecular weight is 973 g/mol. The van der Waals surface area contributed by atoms with E-state index in [1.165, 1.54) is 49.7 Å². The first-order chi connectivity index (χ1) is 35.6. The van der Waals surface area contributed by atoms with Gasteiger partial charge in [0.05, 0.1) is 17.1 Å². The van der Waals surface area contributed by atoms with E-state index in [0.29, 0.717) is 0 Å². The standard InChI is InChI=1S/C68H66N2O2.C2H6/c1-13-55(69(59-39-41(4)29-31-43(59)6)58-28-20-24-50-48-23-19-26-54(68(11,12)15-3)64(48)72-66(50)58)51-37-34-46-35-38-56(52-36-33-45(8)61(51)62(46)52)70(60-40-42(5)30-32-44(60)7)57-27-17-16-21-49-47-22-18-25-53(67(9,10)14-2)63(47)71-65(49)57;1-2/h13,16-20,22-40H,8,14-15,21H2,1-7,9-12H3;1-2H3/b55-13+;. The lowest BCUT2D eigenvalue weighted by molar-refractivity contribution is 0.494. The van der Waals surface area contributed by atoms with E-state index in [1.807, 2.05) is 13.8 Å². The van der Waals surface area contributed by atoms with Crippen molar-refractivity contribution in [2.75, 3.05) is 9.80 Å². The maximum atomic E-state index is 7.28. The number of anilines is 4. The molecule has 0 bridgehead atoms. The predicted molar refractivity (Wildman–Crippen MR) is 321 cm³/mol. The van der Waals surface area contributed by atoms with Gasteiger partial charge in [-0.25, -0.2) is 0 Å². The van der Waals surface area contributed by atoms with Gasteiger partial charge in [0.25, 0.3) is 0 Å². The third-order valence-corrected chi connectivity index (χ3v) is 16.2. The Balaban J connectivity index is 0.00000309. The molecular formula is C70H72N2O2. The lowest BCUT2D eigenvalue weighted by Crippen LogP contribution is -2.19. The number of benzene rings is 8. The van der Waals surface area contributed by atoms with Crippen LogP contribution in [0.25, 0.3) is 72.4 Å². The molecule has 4 heteroatoms. The van der Waals surface area contributed by atoms with E-state index in [0.717, 1.165) is 114 Å². The quantitative estimate of drug-likeness (QED) is 0.129. The van der Waals surface area contributed by atoms with Crippen LogP contribution in [0.1, 0.15) is 125 Å². The molecule has 74 heavy (non-hydrogen) atoms. The molecule has 0 saturated heterocycles. The topological polar surface area (TPSA) is 32.8 Å². The summed E-state index contributed by atoms with van der Waals surface area (Å²) < 4.78 is 14.5. The molecule has 0 aliphatic heterocycles. The molecule has 0 N–H and O–H groups in total. The second kappa shape index (κ2) is 19.4. The maximum absolute atomic E-state index is 7.28. The Kier molecular flexibility index (Phi) is 13.1. The third-order valence-electron chi connectivity index (χ3n) is 16.2. The molecule has 0 saturated carbocycles. The average Bonchev–Trinajstić information content (AvgIpc) is 3.92. The molecule has 10 aromatic rings. The Morgan fingerprint density at radius 3 is 1.85 bits per heavy atom. The van der Waals surface area contributed by atoms with Crippen molar-refractivity contribution in [3.63, 3.8) is 0 Å². The monoisotopic (exact) mass is 973 g/mol. The number of furan rings is 2. The van der Waals surface area contributed by atoms with Crippen LogP contribution in [0.3, 0.4) is 0 Å². The molecule has 0 spiro atoms. The number of aryl methyl sites for hydroxylation is 4. The minimum Gasteiger partial charge on any atom is -0.454 e. The van der Waals surface area contributed by atoms with Crippen molar-refractivity contribution in [2.24, 2.45) is 0 Å². The van der Waals surface area contributed by atoms with E-state index in [2.05, 4.69) is 238 Å². The molecule has 11 rings (SSSR count). The Morgan fingerprint density at radius 2 is 1.19 bits per heavy atom. The summed E-state index contributed by atoms with van der Waals surface area (Å²) in [5.74, 6) is 0.909. The smallest absolute Gasteiger partial charge is 0.159 e. The normalized spacial score (nSPS) is 13.1. The van der Waals surface area contributed by atoms with Gasteiger partial charge in [-0.15, -0.1) is 0 Å². The van der Waals surface area contributed by atoms with Crippen LogP contribution in [0.4, 0.5) is 22.7 Å². The first kappa shape index (κ1) is 50.0. The van der Waals surface area contributed by atoms with Gasteiger partial charge in [-0.2, -0.15) is 0 Å². The van der Waals surface area contributed by atoms with Gasteiger partial charge in [-0.3, -0.25) is 0 Å². The van der Waals surface area contributed by atoms with Gasteiger partial charge in [0.2, 0.25) is 0 Å². The van der Waals surface area contributed by atoms with Gasteiger partial charge in [-0.05, 0) is 139 Å². The summed E-state index contributed by atoms with van der Waals surface area (Å²) in [6, 6.07) is 47.2. The van der Waals surface area contributed by atoms with Crippen LogP contribution in [-0.4, -0.2) is 0 Å². The van der Waals surface area contributed by atoms with Gasteiger partial charge in [0.15, 0.2) is 11.3 Å². The Morgan fingerprint density at radius 1 is 0.595 bits per heavy atom. The van der Waals surface area contributed by atoms with Gasteiger partial charge >= 0.3 is 0 Å². The van der Waals surface area contributed by atoms with Crippen molar-refractivity contribution in [2.45, 2.75) is 120 Å². The molecule has 2 aromatic heterocycles. The van der Waals surface area contributed by atoms with Crippen LogP contribution in [0, 0.1) is 27.7 Å². The Labute approximate surface area is 439 Å². The highest BCUT2D eigenvalue weighted by Gasteiger charge is 2.32. The maximum Gasteiger partial charge on any atom is 0.159 e. The number of fused-ring (bicyclic) bond motifs is 6. The largest absolute Gasteiger partial charge is 0.454 e. The fourth-order valence-corrected chi connectivity index (χ4v) is 11.3. The summed E-state index contributed by atoms with van der Waals surface area (Å²) in [7, 11) is 0. The van der Waals surface area contributed by atoms with Gasteiger partial charge in [-0.1, -0.05) is 183 Å². The lowest BCUT2D eigenvalue weighted by Gasteiger charge is -2.32. The van der Waals surface area contributed by atoms with Crippen molar-refractivity contribution in [3.05, 3.63) is 207 Å². The van der Waals surface area contributed by atoms with E-state index >= 15 is 0 Å². The van der Waals surface area contributed by atoms with Crippen molar-refractivity contribution in [1.82, 2.24) is 0 Å². The highest BCUT2D eigenvalue weighted by Crippen LogP contribution is 2.50. The highest BCUT2D eigenvalue weighted by atomic mass is 16.3. The minimum atomic E-state index is -0.0617. The third kappa shape index (κ3) is 8.15. The molecular weight excluding hydrogens is 901 g/mol. The number of hydrogen-bond acceptors (Lipinski definition) is 4. The van der Waals surface area contributed by atoms with Crippen LogP contribution >= 0.6 is 0 Å². The fraction of sp³-hybridized carbons (Fsp3) is 0.257. The lowest BCUT2D eigenvalue weighted by atomic mass is 9.81. The number of allylic oxidation sites excluding steroid dienone is 4. The number of hydrogen-bond donors (Lipinski definition) is 0. The van der Waals surface area contributed by atoms with Gasteiger partial charge in [0.1, 0.15) is 11.2 Å². The second-order valence-corrected chi connectivity index (χ2v) is 21.6. The van der Waals surface area contributed by atoms with E-state index in [1.54, 1.807) is 0 Å². The zero-order chi connectivity index (χ0) is 52.4. The molecule has 2 heterocycles. The van der Waals surface area contributed by atoms with Crippen LogP contribution in [0.2, 0.25) is 0 Å². The van der Waals surface area contributed by atoms with Crippen LogP contribution in [0.15, 0.2) is 161 Å². The van der Waals surface area contributed by atoms with Crippen LogP contribution < -0.4 is 15.0 Å². The SMILES string of the molecule is C=c1ccc2c(N(C3=CC=CCc4c3oc3c(C(C)(C)CC)cccc43)c3cc(C)ccc3C)ccc3ccc(/C(=C\C)N(c4cc(C)ccc4C)c4cccc5c4oc4c(C(C)(C)CC)cccc45)c1c32.CC. The zero-order valence-corrected chi connectivity index (χ0v) is 46.0. The summed E-state index contributed by atoms with van der Waals surface area (Å²) in [5.41, 5.74) is 18.5. The zero-order valence-electron chi connectivity index (χ0n) is 46.0. The Hall–Kier alpha value is -7.56. The molecule has 4 nitrogen and oxygen atoms in total. The molecule has 8 aromatic carbocycles. The van der Waals surface area contributed by atoms with Crippen LogP contribution in [0.5, 0.6) is 0 Å². The summed E-state index contributed by atoms with van der Waals surface area (Å²) in [4.78, 5) is 4.90. The summed E-state index contributed by atoms with van der Waals surface area (Å²) in [6.45, 7) is 33.6. The van der Waals surface area contributed by atoms with E-state index in [-0.39, 0.29) is 10.8 Å². The summed E-state index contributed by atoms with van der Waals surface area (Å²) in [6.07, 6.45) is 11.8. The van der Waals surface area contributed by atoms with Crippen molar-refractivity contribution in [3.8, 4) is 0 Å². The van der Waals surface area contributed by atoms with Crippen molar-refractivity contribution in [1.29, 1.82) is 0 Å². The molecule has 374 valence electrons. The second-order valence-electron chi connectivity index (χ2n) is 21.6. The Bertz CT molecular complexity index is 3960. The van der Waals surface area contributed by atoms with E-state index in [4.69, 9.17) is 15.4 Å². The fourth-order valence-electron chi connectivity index (χ4n) is 11.3. The summed E-state index contributed by atoms with van der Waals surface area (Å²) >= 11 is 0. The molecule has 0 amide bonds. The first-order valence-corrected chi connectivity index (χ1v) is 26.9. The molecule has 0 radical (unpaired) electrons. The first-order valence-electron chi connectivity index (χ1n) is 26.9. The van der Waals surface area contributed by atoms with E-state index < -0.39 is 0 Å². The molecule has 0 fully saturated rings. The van der Waals surface area contributed by atoms with Crippen molar-refractivity contribution >= 4 is 95.2 Å². The molecule has 0 atom stereocenters. The number of nitrogens with zero attached hydrogens (tertiary/aromatic N) is 2. The molecule has 1 aliphatic carbocycles. The number of rotatable bonds is 11. The van der Waals surface area contributed by atoms with Gasteiger partial charge < -0.3 is 18.6 Å². The van der Waals surface area contributed by atoms with E-state index in [9.17, 15) is 0 Å². The predicted octanol–water partition coefficient (Wildman–Crippen LogP) is 19.9. The molecule has 1 aliphatic rings. The summed E-state index contributed by atoms with van der Waals surface area (Å²) in [5, 5.41) is 8.97. The van der Waals surface area contributed by atoms with Gasteiger partial charge in [0, 0.05) is 60.9 Å². The minimum absolute atomic E-state index is 0.0558. The number of para-hydroxylation sites is 3. The van der Waals surface area contributed by atoms with Crippen LogP contribution in [-0.2, 0) is 17.3 Å². The highest BCUT2D eigenvalue weighted by molar-refractivity contribution is 6.20. The van der Waals surface area contributed by atoms with Crippen molar-refractivity contribution < 1.29 is 8.83 Å².